The molecule has 4 heteroatoms. The molecule has 0 amide bonds. The molecule has 88 valence electrons. The largest absolute Gasteiger partial charge is 0.416 e. The fourth-order valence-electron chi connectivity index (χ4n) is 2.15. The maximum atomic E-state index is 12.3. The number of benzene rings is 1. The van der Waals surface area contributed by atoms with Gasteiger partial charge in [-0.3, -0.25) is 0 Å². The molecule has 1 aliphatic carbocycles. The van der Waals surface area contributed by atoms with Gasteiger partial charge in [0, 0.05) is 6.61 Å². The molecule has 0 heterocycles. The molecule has 1 aliphatic rings. The summed E-state index contributed by atoms with van der Waals surface area (Å²) in [7, 11) is 0. The van der Waals surface area contributed by atoms with E-state index >= 15 is 0 Å². The summed E-state index contributed by atoms with van der Waals surface area (Å²) in [4.78, 5) is 0. The van der Waals surface area contributed by atoms with Crippen LogP contribution in [0.2, 0.25) is 0 Å². The van der Waals surface area contributed by atoms with Crippen molar-refractivity contribution < 1.29 is 18.3 Å². The van der Waals surface area contributed by atoms with Crippen LogP contribution < -0.4 is 0 Å². The molecule has 2 atom stereocenters. The molecule has 0 aliphatic heterocycles. The average Bonchev–Trinajstić information content (AvgIpc) is 2.16. The molecule has 1 N–H and O–H groups in total. The number of aliphatic hydroxyl groups excluding tert-OH is 1. The lowest BCUT2D eigenvalue weighted by Gasteiger charge is -2.35. The molecule has 1 aromatic rings. The first kappa shape index (κ1) is 11.5. The summed E-state index contributed by atoms with van der Waals surface area (Å²) in [6.45, 7) is 0.117. The van der Waals surface area contributed by atoms with E-state index in [2.05, 4.69) is 0 Å². The topological polar surface area (TPSA) is 20.2 Å². The highest BCUT2D eigenvalue weighted by molar-refractivity contribution is 5.28. The fourth-order valence-corrected chi connectivity index (χ4v) is 2.15. The first-order valence-electron chi connectivity index (χ1n) is 5.30. The summed E-state index contributed by atoms with van der Waals surface area (Å²) in [5, 5.41) is 9.02. The molecule has 0 saturated heterocycles. The summed E-state index contributed by atoms with van der Waals surface area (Å²) in [6, 6.07) is 5.27. The van der Waals surface area contributed by atoms with Crippen LogP contribution >= 0.6 is 0 Å². The van der Waals surface area contributed by atoms with Gasteiger partial charge >= 0.3 is 6.18 Å². The van der Waals surface area contributed by atoms with E-state index in [0.717, 1.165) is 30.5 Å². The molecule has 1 saturated carbocycles. The van der Waals surface area contributed by atoms with E-state index in [4.69, 9.17) is 5.11 Å². The highest BCUT2D eigenvalue weighted by Gasteiger charge is 2.33. The Kier molecular flexibility index (Phi) is 2.93. The van der Waals surface area contributed by atoms with Gasteiger partial charge in [0.1, 0.15) is 0 Å². The molecule has 1 nitrogen and oxygen atoms in total. The summed E-state index contributed by atoms with van der Waals surface area (Å²) < 4.78 is 37.0. The van der Waals surface area contributed by atoms with E-state index in [1.54, 1.807) is 0 Å². The lowest BCUT2D eigenvalue weighted by atomic mass is 9.70. The molecular weight excluding hydrogens is 217 g/mol. The van der Waals surface area contributed by atoms with E-state index < -0.39 is 11.7 Å². The molecule has 2 rings (SSSR count). The van der Waals surface area contributed by atoms with Gasteiger partial charge in [-0.1, -0.05) is 12.1 Å². The Morgan fingerprint density at radius 2 is 1.75 bits per heavy atom. The van der Waals surface area contributed by atoms with Crippen molar-refractivity contribution >= 4 is 0 Å². The zero-order chi connectivity index (χ0) is 11.8. The van der Waals surface area contributed by atoms with E-state index in [1.807, 2.05) is 0 Å². The second kappa shape index (κ2) is 4.09. The van der Waals surface area contributed by atoms with Gasteiger partial charge in [0.15, 0.2) is 0 Å². The normalized spacial score (nSPS) is 25.2. The van der Waals surface area contributed by atoms with E-state index in [-0.39, 0.29) is 18.4 Å². The first-order valence-corrected chi connectivity index (χ1v) is 5.30. The zero-order valence-corrected chi connectivity index (χ0v) is 8.67. The maximum absolute atomic E-state index is 12.3. The Bertz CT molecular complexity index is 354. The van der Waals surface area contributed by atoms with Crippen molar-refractivity contribution in [2.24, 2.45) is 5.92 Å². The smallest absolute Gasteiger partial charge is 0.396 e. The number of alkyl halides is 3. The fraction of sp³-hybridized carbons (Fsp3) is 0.500. The molecule has 1 aromatic carbocycles. The summed E-state index contributed by atoms with van der Waals surface area (Å²) >= 11 is 0. The molecular formula is C12H13F3O. The molecule has 1 fully saturated rings. The minimum atomic E-state index is -4.27. The lowest BCUT2D eigenvalue weighted by molar-refractivity contribution is -0.137. The van der Waals surface area contributed by atoms with Crippen molar-refractivity contribution in [3.8, 4) is 0 Å². The number of rotatable bonds is 2. The van der Waals surface area contributed by atoms with Crippen LogP contribution in [0.5, 0.6) is 0 Å². The van der Waals surface area contributed by atoms with E-state index in [0.29, 0.717) is 0 Å². The summed E-state index contributed by atoms with van der Waals surface area (Å²) in [5.41, 5.74) is 0.287. The van der Waals surface area contributed by atoms with Gasteiger partial charge in [0.2, 0.25) is 0 Å². The van der Waals surface area contributed by atoms with Gasteiger partial charge in [-0.2, -0.15) is 13.2 Å². The number of halogens is 3. The zero-order valence-electron chi connectivity index (χ0n) is 8.67. The highest BCUT2D eigenvalue weighted by atomic mass is 19.4. The van der Waals surface area contributed by atoms with Crippen LogP contribution in [0, 0.1) is 5.92 Å². The summed E-state index contributed by atoms with van der Waals surface area (Å²) in [5.74, 6) is 0.448. The predicted molar refractivity (Wildman–Crippen MR) is 54.0 cm³/mol. The van der Waals surface area contributed by atoms with Crippen LogP contribution in [0.4, 0.5) is 13.2 Å². The Hall–Kier alpha value is -1.03. The third-order valence-electron chi connectivity index (χ3n) is 3.32. The van der Waals surface area contributed by atoms with Gasteiger partial charge in [-0.25, -0.2) is 0 Å². The van der Waals surface area contributed by atoms with Crippen LogP contribution in [0.25, 0.3) is 0 Å². The summed E-state index contributed by atoms with van der Waals surface area (Å²) in [6.07, 6.45) is -2.35. The third kappa shape index (κ3) is 2.07. The van der Waals surface area contributed by atoms with Crippen molar-refractivity contribution in [1.82, 2.24) is 0 Å². The van der Waals surface area contributed by atoms with Crippen LogP contribution in [-0.4, -0.2) is 11.7 Å². The van der Waals surface area contributed by atoms with Gasteiger partial charge in [0.05, 0.1) is 5.56 Å². The maximum Gasteiger partial charge on any atom is 0.416 e. The molecule has 0 aromatic heterocycles. The van der Waals surface area contributed by atoms with Crippen molar-refractivity contribution in [2.75, 3.05) is 6.61 Å². The lowest BCUT2D eigenvalue weighted by Crippen LogP contribution is -2.26. The van der Waals surface area contributed by atoms with Gasteiger partial charge < -0.3 is 5.11 Å². The van der Waals surface area contributed by atoms with Crippen LogP contribution in [-0.2, 0) is 6.18 Å². The van der Waals surface area contributed by atoms with Crippen molar-refractivity contribution in [2.45, 2.75) is 24.9 Å². The Morgan fingerprint density at radius 1 is 1.12 bits per heavy atom. The van der Waals surface area contributed by atoms with Crippen LogP contribution in [0.1, 0.15) is 29.9 Å². The quantitative estimate of drug-likeness (QED) is 0.827. The minimum absolute atomic E-state index is 0.117. The number of aliphatic hydroxyl groups is 1. The van der Waals surface area contributed by atoms with Gasteiger partial charge in [0.25, 0.3) is 0 Å². The van der Waals surface area contributed by atoms with Crippen molar-refractivity contribution in [3.05, 3.63) is 35.4 Å². The van der Waals surface area contributed by atoms with Crippen molar-refractivity contribution in [3.63, 3.8) is 0 Å². The molecule has 2 unspecified atom stereocenters. The van der Waals surface area contributed by atoms with E-state index in [9.17, 15) is 13.2 Å². The van der Waals surface area contributed by atoms with E-state index in [1.165, 1.54) is 12.1 Å². The Labute approximate surface area is 91.9 Å². The van der Waals surface area contributed by atoms with Gasteiger partial charge in [-0.15, -0.1) is 0 Å². The predicted octanol–water partition coefficient (Wildman–Crippen LogP) is 3.19. The number of hydrogen-bond donors (Lipinski definition) is 1. The molecule has 0 spiro atoms. The second-order valence-corrected chi connectivity index (χ2v) is 4.25. The molecule has 16 heavy (non-hydrogen) atoms. The number of hydrogen-bond acceptors (Lipinski definition) is 1. The minimum Gasteiger partial charge on any atom is -0.396 e. The van der Waals surface area contributed by atoms with Crippen LogP contribution in [0.15, 0.2) is 24.3 Å². The first-order chi connectivity index (χ1) is 7.52. The Balaban J connectivity index is 2.14. The monoisotopic (exact) mass is 230 g/mol. The second-order valence-electron chi connectivity index (χ2n) is 4.25. The third-order valence-corrected chi connectivity index (χ3v) is 3.32. The van der Waals surface area contributed by atoms with Gasteiger partial charge in [-0.05, 0) is 42.4 Å². The highest BCUT2D eigenvalue weighted by Crippen LogP contribution is 2.42. The molecule has 0 radical (unpaired) electrons. The Morgan fingerprint density at radius 3 is 2.12 bits per heavy atom. The van der Waals surface area contributed by atoms with Crippen LogP contribution in [0.3, 0.4) is 0 Å². The standard InChI is InChI=1S/C12H13F3O/c13-12(14,15)10-4-1-8(2-5-10)11-6-3-9(11)7-16/h1-2,4-5,9,11,16H,3,6-7H2. The molecule has 0 bridgehead atoms. The average molecular weight is 230 g/mol. The SMILES string of the molecule is OCC1CCC1c1ccc(C(F)(F)F)cc1. The van der Waals surface area contributed by atoms with Crippen molar-refractivity contribution in [1.29, 1.82) is 0 Å².